The molecule has 0 spiro atoms. The van der Waals surface area contributed by atoms with E-state index in [0.29, 0.717) is 12.5 Å². The summed E-state index contributed by atoms with van der Waals surface area (Å²) >= 11 is 3.68. The molecule has 1 aromatic rings. The van der Waals surface area contributed by atoms with Crippen molar-refractivity contribution in [3.63, 3.8) is 0 Å². The Bertz CT molecular complexity index is 417. The fourth-order valence-electron chi connectivity index (χ4n) is 2.55. The summed E-state index contributed by atoms with van der Waals surface area (Å²) in [5.41, 5.74) is 8.68. The van der Waals surface area contributed by atoms with Crippen LogP contribution in [0.5, 0.6) is 0 Å². The van der Waals surface area contributed by atoms with Crippen LogP contribution in [0.25, 0.3) is 0 Å². The molecule has 0 saturated heterocycles. The molecular weight excluding hydrogens is 318 g/mol. The molecule has 1 heterocycles. The molecule has 4 nitrogen and oxygen atoms in total. The van der Waals surface area contributed by atoms with E-state index in [1.54, 1.807) is 0 Å². The van der Waals surface area contributed by atoms with Gasteiger partial charge >= 0.3 is 0 Å². The molecule has 0 aliphatic rings. The largest absolute Gasteiger partial charge is 0.377 e. The summed E-state index contributed by atoms with van der Waals surface area (Å²) in [4.78, 5) is 0. The Kier molecular flexibility index (Phi) is 7.20. The second-order valence-corrected chi connectivity index (χ2v) is 6.20. The van der Waals surface area contributed by atoms with E-state index in [-0.39, 0.29) is 12.1 Å². The molecule has 116 valence electrons. The Morgan fingerprint density at radius 1 is 1.30 bits per heavy atom. The van der Waals surface area contributed by atoms with E-state index >= 15 is 0 Å². The molecule has 0 aromatic carbocycles. The summed E-state index contributed by atoms with van der Waals surface area (Å²) in [6.45, 7) is 12.1. The van der Waals surface area contributed by atoms with E-state index in [0.717, 1.165) is 29.6 Å². The average molecular weight is 346 g/mol. The van der Waals surface area contributed by atoms with Gasteiger partial charge < -0.3 is 10.5 Å². The number of halogens is 1. The Morgan fingerprint density at radius 2 is 1.95 bits per heavy atom. The van der Waals surface area contributed by atoms with Crippen molar-refractivity contribution in [3.8, 4) is 0 Å². The summed E-state index contributed by atoms with van der Waals surface area (Å²) < 4.78 is 8.97. The zero-order valence-electron chi connectivity index (χ0n) is 13.3. The van der Waals surface area contributed by atoms with Crippen LogP contribution in [-0.4, -0.2) is 28.5 Å². The average Bonchev–Trinajstić information content (AvgIpc) is 2.72. The molecule has 5 heteroatoms. The van der Waals surface area contributed by atoms with Gasteiger partial charge in [0.2, 0.25) is 0 Å². The highest BCUT2D eigenvalue weighted by Crippen LogP contribution is 2.25. The molecule has 20 heavy (non-hydrogen) atoms. The Balaban J connectivity index is 2.93. The molecule has 0 bridgehead atoms. The smallest absolute Gasteiger partial charge is 0.0766 e. The summed E-state index contributed by atoms with van der Waals surface area (Å²) in [7, 11) is 0. The fourth-order valence-corrected chi connectivity index (χ4v) is 3.28. The molecule has 2 N–H and O–H groups in total. The molecule has 0 aliphatic heterocycles. The van der Waals surface area contributed by atoms with Gasteiger partial charge in [-0.25, -0.2) is 0 Å². The maximum Gasteiger partial charge on any atom is 0.0766 e. The summed E-state index contributed by atoms with van der Waals surface area (Å²) in [6, 6.07) is -0.0158. The fraction of sp³-hybridized carbons (Fsp3) is 0.800. The van der Waals surface area contributed by atoms with Crippen LogP contribution in [0.1, 0.15) is 46.0 Å². The standard InChI is InChI=1S/C15H28BrN3O/c1-6-12-14(16)13(19(7-2)18-12)9-11(17)15(10(4)5)20-8-3/h10-11,15H,6-9,17H2,1-5H3. The summed E-state index contributed by atoms with van der Waals surface area (Å²) in [5.74, 6) is 0.410. The number of nitrogens with zero attached hydrogens (tertiary/aromatic N) is 2. The van der Waals surface area contributed by atoms with Crippen molar-refractivity contribution in [1.82, 2.24) is 9.78 Å². The van der Waals surface area contributed by atoms with Crippen LogP contribution in [-0.2, 0) is 24.1 Å². The minimum atomic E-state index is -0.0158. The topological polar surface area (TPSA) is 53.1 Å². The number of ether oxygens (including phenoxy) is 1. The van der Waals surface area contributed by atoms with Crippen molar-refractivity contribution in [1.29, 1.82) is 0 Å². The second-order valence-electron chi connectivity index (χ2n) is 5.41. The molecule has 1 aromatic heterocycles. The van der Waals surface area contributed by atoms with Crippen molar-refractivity contribution in [2.24, 2.45) is 11.7 Å². The Morgan fingerprint density at radius 3 is 2.40 bits per heavy atom. The molecule has 0 amide bonds. The highest BCUT2D eigenvalue weighted by atomic mass is 79.9. The Hall–Kier alpha value is -0.390. The number of rotatable bonds is 8. The zero-order valence-corrected chi connectivity index (χ0v) is 14.9. The van der Waals surface area contributed by atoms with Gasteiger partial charge in [-0.2, -0.15) is 5.10 Å². The van der Waals surface area contributed by atoms with Gasteiger partial charge in [0, 0.05) is 25.6 Å². The first-order valence-corrected chi connectivity index (χ1v) is 8.36. The van der Waals surface area contributed by atoms with Gasteiger partial charge in [-0.05, 0) is 42.1 Å². The minimum absolute atomic E-state index is 0.0158. The molecule has 0 fully saturated rings. The third-order valence-corrected chi connectivity index (χ3v) is 4.48. The first-order chi connectivity index (χ1) is 9.46. The van der Waals surface area contributed by atoms with Gasteiger partial charge in [-0.3, -0.25) is 4.68 Å². The highest BCUT2D eigenvalue weighted by Gasteiger charge is 2.25. The summed E-state index contributed by atoms with van der Waals surface area (Å²) in [6.07, 6.45) is 1.79. The van der Waals surface area contributed by atoms with E-state index < -0.39 is 0 Å². The summed E-state index contributed by atoms with van der Waals surface area (Å²) in [5, 5.41) is 4.62. The van der Waals surface area contributed by atoms with Crippen molar-refractivity contribution in [2.75, 3.05) is 6.61 Å². The van der Waals surface area contributed by atoms with E-state index in [1.807, 2.05) is 11.6 Å². The molecule has 0 saturated carbocycles. The van der Waals surface area contributed by atoms with Crippen LogP contribution in [0.3, 0.4) is 0 Å². The monoisotopic (exact) mass is 345 g/mol. The second kappa shape index (κ2) is 8.15. The molecule has 2 atom stereocenters. The number of aromatic nitrogens is 2. The number of nitrogens with two attached hydrogens (primary N) is 1. The van der Waals surface area contributed by atoms with E-state index in [9.17, 15) is 0 Å². The lowest BCUT2D eigenvalue weighted by atomic mass is 9.96. The lowest BCUT2D eigenvalue weighted by molar-refractivity contribution is 0.0123. The lowest BCUT2D eigenvalue weighted by Gasteiger charge is -2.27. The Labute approximate surface area is 131 Å². The quantitative estimate of drug-likeness (QED) is 0.787. The van der Waals surface area contributed by atoms with Crippen LogP contribution in [0, 0.1) is 5.92 Å². The van der Waals surface area contributed by atoms with Crippen molar-refractivity contribution in [2.45, 2.75) is 66.2 Å². The molecule has 0 radical (unpaired) electrons. The number of aryl methyl sites for hydroxylation is 2. The van der Waals surface area contributed by atoms with E-state index in [4.69, 9.17) is 10.5 Å². The van der Waals surface area contributed by atoms with Crippen LogP contribution in [0.15, 0.2) is 4.47 Å². The van der Waals surface area contributed by atoms with Crippen LogP contribution >= 0.6 is 15.9 Å². The van der Waals surface area contributed by atoms with Gasteiger partial charge in [-0.15, -0.1) is 0 Å². The van der Waals surface area contributed by atoms with Crippen LogP contribution in [0.2, 0.25) is 0 Å². The number of hydrogen-bond acceptors (Lipinski definition) is 3. The predicted molar refractivity (Wildman–Crippen MR) is 86.9 cm³/mol. The first-order valence-electron chi connectivity index (χ1n) is 7.57. The van der Waals surface area contributed by atoms with Crippen molar-refractivity contribution in [3.05, 3.63) is 15.9 Å². The van der Waals surface area contributed by atoms with Gasteiger partial charge in [0.15, 0.2) is 0 Å². The maximum absolute atomic E-state index is 6.39. The van der Waals surface area contributed by atoms with Crippen LogP contribution < -0.4 is 5.73 Å². The van der Waals surface area contributed by atoms with Crippen molar-refractivity contribution >= 4 is 15.9 Å². The third kappa shape index (κ3) is 4.06. The van der Waals surface area contributed by atoms with E-state index in [1.165, 1.54) is 5.69 Å². The van der Waals surface area contributed by atoms with Gasteiger partial charge in [0.05, 0.1) is 22.0 Å². The van der Waals surface area contributed by atoms with Gasteiger partial charge in [0.1, 0.15) is 0 Å². The lowest BCUT2D eigenvalue weighted by Crippen LogP contribution is -2.42. The molecule has 2 unspecified atom stereocenters. The highest BCUT2D eigenvalue weighted by molar-refractivity contribution is 9.10. The van der Waals surface area contributed by atoms with Gasteiger partial charge in [0.25, 0.3) is 0 Å². The van der Waals surface area contributed by atoms with Crippen molar-refractivity contribution < 1.29 is 4.74 Å². The maximum atomic E-state index is 6.39. The molecule has 1 rings (SSSR count). The van der Waals surface area contributed by atoms with E-state index in [2.05, 4.69) is 48.7 Å². The normalized spacial score (nSPS) is 14.8. The SMILES string of the molecule is CCOC(C(C)C)C(N)Cc1c(Br)c(CC)nn1CC. The van der Waals surface area contributed by atoms with Gasteiger partial charge in [-0.1, -0.05) is 20.8 Å². The molecule has 0 aliphatic carbocycles. The first kappa shape index (κ1) is 17.7. The zero-order chi connectivity index (χ0) is 15.3. The number of hydrogen-bond donors (Lipinski definition) is 1. The predicted octanol–water partition coefficient (Wildman–Crippen LogP) is 3.16. The third-order valence-electron chi connectivity index (χ3n) is 3.56. The molecular formula is C15H28BrN3O. The van der Waals surface area contributed by atoms with Crippen LogP contribution in [0.4, 0.5) is 0 Å². The minimum Gasteiger partial charge on any atom is -0.377 e.